The van der Waals surface area contributed by atoms with Crippen LogP contribution in [0.5, 0.6) is 0 Å². The predicted octanol–water partition coefficient (Wildman–Crippen LogP) is 4.05. The average Bonchev–Trinajstić information content (AvgIpc) is 3.63. The molecule has 0 aromatic rings. The highest BCUT2D eigenvalue weighted by Crippen LogP contribution is 2.83. The van der Waals surface area contributed by atoms with Crippen molar-refractivity contribution in [3.63, 3.8) is 0 Å². The SMILES string of the molecule is CCC1CC2=CC(=[NH2+])CCC2C2CCC3(CC)C(C4CC4C34OCC3C[C@@H]34)C12. The van der Waals surface area contributed by atoms with Crippen LogP contribution in [-0.4, -0.2) is 17.9 Å². The van der Waals surface area contributed by atoms with Gasteiger partial charge in [-0.25, -0.2) is 0 Å². The van der Waals surface area contributed by atoms with E-state index in [0.717, 1.165) is 72.0 Å². The Kier molecular flexibility index (Phi) is 3.26. The Morgan fingerprint density at radius 2 is 2.04 bits per heavy atom. The van der Waals surface area contributed by atoms with Gasteiger partial charge in [0.05, 0.1) is 12.2 Å². The zero-order valence-electron chi connectivity index (χ0n) is 17.8. The molecule has 1 heterocycles. The second-order valence-corrected chi connectivity index (χ2v) is 11.8. The van der Waals surface area contributed by atoms with Crippen molar-refractivity contribution < 1.29 is 10.1 Å². The minimum Gasteiger partial charge on any atom is -0.374 e. The lowest BCUT2D eigenvalue weighted by molar-refractivity contribution is -0.180. The van der Waals surface area contributed by atoms with Crippen molar-refractivity contribution in [1.29, 1.82) is 0 Å². The van der Waals surface area contributed by atoms with E-state index in [-0.39, 0.29) is 0 Å². The normalized spacial score (nSPS) is 60.4. The zero-order valence-corrected chi connectivity index (χ0v) is 17.8. The fourth-order valence-electron chi connectivity index (χ4n) is 10.5. The van der Waals surface area contributed by atoms with Gasteiger partial charge in [0.15, 0.2) is 5.71 Å². The van der Waals surface area contributed by atoms with E-state index in [4.69, 9.17) is 10.1 Å². The van der Waals surface area contributed by atoms with Crippen LogP contribution in [0, 0.1) is 58.7 Å². The van der Waals surface area contributed by atoms with Crippen molar-refractivity contribution in [3.8, 4) is 0 Å². The van der Waals surface area contributed by atoms with E-state index in [1.165, 1.54) is 51.4 Å². The summed E-state index contributed by atoms with van der Waals surface area (Å²) in [4.78, 5) is 0. The predicted molar refractivity (Wildman–Crippen MR) is 110 cm³/mol. The standard InChI is InChI=1S/C26H37NO/c1-3-14-9-15-10-17(27)5-6-18(15)19-7-8-25(4-2)24(23(14)19)20-12-22(20)26(25)21-11-16(21)13-28-26/h10,14,16,18-24,27H,3-9,11-13H2,1-2H3/p+1/t14?,16?,18?,19?,20?,21-,22?,23?,24?,25?,26?/m0/s1. The molecule has 1 saturated heterocycles. The summed E-state index contributed by atoms with van der Waals surface area (Å²) in [7, 11) is 0. The van der Waals surface area contributed by atoms with Crippen LogP contribution < -0.4 is 5.41 Å². The molecule has 11 atom stereocenters. The fraction of sp³-hybridized carbons (Fsp3) is 0.885. The third-order valence-corrected chi connectivity index (χ3v) is 11.4. The Balaban J connectivity index is 1.33. The van der Waals surface area contributed by atoms with Gasteiger partial charge in [-0.1, -0.05) is 25.8 Å². The molecule has 28 heavy (non-hydrogen) atoms. The molecular formula is C26H38NO+. The Bertz CT molecular complexity index is 770. The number of nitrogens with two attached hydrogens (primary N) is 1. The smallest absolute Gasteiger partial charge is 0.172 e. The molecule has 0 aromatic heterocycles. The summed E-state index contributed by atoms with van der Waals surface area (Å²) < 4.78 is 6.92. The van der Waals surface area contributed by atoms with Gasteiger partial charge >= 0.3 is 0 Å². The van der Waals surface area contributed by atoms with E-state index >= 15 is 0 Å². The van der Waals surface area contributed by atoms with Gasteiger partial charge in [0, 0.05) is 17.9 Å². The van der Waals surface area contributed by atoms with Crippen molar-refractivity contribution in [2.75, 3.05) is 6.61 Å². The van der Waals surface area contributed by atoms with Crippen LogP contribution in [0.15, 0.2) is 11.6 Å². The van der Waals surface area contributed by atoms with E-state index in [9.17, 15) is 0 Å². The molecule has 6 fully saturated rings. The van der Waals surface area contributed by atoms with E-state index in [0.29, 0.717) is 11.0 Å². The fourth-order valence-corrected chi connectivity index (χ4v) is 10.5. The second-order valence-electron chi connectivity index (χ2n) is 11.8. The van der Waals surface area contributed by atoms with Crippen LogP contribution in [0.4, 0.5) is 0 Å². The Hall–Kier alpha value is -0.630. The molecule has 7 rings (SSSR count). The molecule has 2 heteroatoms. The second kappa shape index (κ2) is 5.34. The Morgan fingerprint density at radius 3 is 2.75 bits per heavy atom. The molecule has 5 saturated carbocycles. The van der Waals surface area contributed by atoms with Crippen LogP contribution in [0.3, 0.4) is 0 Å². The number of fused-ring (bicyclic) bond motifs is 11. The first-order valence-corrected chi connectivity index (χ1v) is 12.6. The topological polar surface area (TPSA) is 34.8 Å². The zero-order chi connectivity index (χ0) is 18.8. The first-order valence-electron chi connectivity index (χ1n) is 12.6. The van der Waals surface area contributed by atoms with Crippen molar-refractivity contribution in [2.45, 2.75) is 77.2 Å². The molecule has 2 nitrogen and oxygen atoms in total. The van der Waals surface area contributed by atoms with Gasteiger partial charge in [-0.05, 0) is 98.2 Å². The maximum atomic E-state index is 6.92. The number of ether oxygens (including phenoxy) is 1. The van der Waals surface area contributed by atoms with Gasteiger partial charge in [0.25, 0.3) is 0 Å². The first-order chi connectivity index (χ1) is 13.6. The molecule has 0 bridgehead atoms. The third kappa shape index (κ3) is 1.77. The van der Waals surface area contributed by atoms with Gasteiger partial charge in [0.1, 0.15) is 0 Å². The first kappa shape index (κ1) is 17.1. The Morgan fingerprint density at radius 1 is 1.14 bits per heavy atom. The molecule has 0 radical (unpaired) electrons. The quantitative estimate of drug-likeness (QED) is 0.771. The summed E-state index contributed by atoms with van der Waals surface area (Å²) in [5, 5.41) is 6.28. The van der Waals surface area contributed by atoms with E-state index in [1.807, 2.05) is 0 Å². The summed E-state index contributed by atoms with van der Waals surface area (Å²) in [5.74, 6) is 8.42. The summed E-state index contributed by atoms with van der Waals surface area (Å²) in [5.41, 5.74) is 3.72. The monoisotopic (exact) mass is 380 g/mol. The van der Waals surface area contributed by atoms with Gasteiger partial charge < -0.3 is 4.74 Å². The number of allylic oxidation sites excluding steroid dienone is 2. The van der Waals surface area contributed by atoms with Crippen LogP contribution in [-0.2, 0) is 4.74 Å². The highest BCUT2D eigenvalue weighted by Gasteiger charge is 2.83. The molecule has 2 N–H and O–H groups in total. The van der Waals surface area contributed by atoms with Crippen LogP contribution >= 0.6 is 0 Å². The van der Waals surface area contributed by atoms with Crippen LogP contribution in [0.1, 0.15) is 71.6 Å². The number of hydrogen-bond donors (Lipinski definition) is 1. The maximum Gasteiger partial charge on any atom is 0.172 e. The molecule has 152 valence electrons. The molecule has 1 spiro atoms. The summed E-state index contributed by atoms with van der Waals surface area (Å²) in [6, 6.07) is 0. The van der Waals surface area contributed by atoms with Gasteiger partial charge in [-0.2, -0.15) is 0 Å². The largest absolute Gasteiger partial charge is 0.374 e. The summed E-state index contributed by atoms with van der Waals surface area (Å²) in [6.45, 7) is 6.10. The van der Waals surface area contributed by atoms with Crippen molar-refractivity contribution in [3.05, 3.63) is 11.6 Å². The van der Waals surface area contributed by atoms with Crippen molar-refractivity contribution >= 4 is 5.71 Å². The minimum atomic E-state index is 0.311. The highest BCUT2D eigenvalue weighted by atomic mass is 16.5. The van der Waals surface area contributed by atoms with Crippen molar-refractivity contribution in [1.82, 2.24) is 0 Å². The molecule has 1 aliphatic heterocycles. The minimum absolute atomic E-state index is 0.311. The van der Waals surface area contributed by atoms with Gasteiger partial charge in [-0.3, -0.25) is 5.41 Å². The van der Waals surface area contributed by atoms with E-state index in [2.05, 4.69) is 19.9 Å². The maximum absolute atomic E-state index is 6.92. The number of hydrogen-bond acceptors (Lipinski definition) is 1. The highest BCUT2D eigenvalue weighted by molar-refractivity contribution is 5.91. The van der Waals surface area contributed by atoms with Gasteiger partial charge in [0.2, 0.25) is 0 Å². The number of rotatable bonds is 2. The van der Waals surface area contributed by atoms with E-state index in [1.54, 1.807) is 5.57 Å². The van der Waals surface area contributed by atoms with Crippen LogP contribution in [0.2, 0.25) is 0 Å². The lowest BCUT2D eigenvalue weighted by Gasteiger charge is -2.61. The molecule has 6 aliphatic carbocycles. The molecule has 10 unspecified atom stereocenters. The van der Waals surface area contributed by atoms with E-state index < -0.39 is 0 Å². The summed E-state index contributed by atoms with van der Waals surface area (Å²) >= 11 is 0. The van der Waals surface area contributed by atoms with Crippen molar-refractivity contribution in [2.24, 2.45) is 58.7 Å². The third-order valence-electron chi connectivity index (χ3n) is 11.4. The molecular weight excluding hydrogens is 342 g/mol. The Labute approximate surface area is 170 Å². The molecule has 0 amide bonds. The van der Waals surface area contributed by atoms with Crippen LogP contribution in [0.25, 0.3) is 0 Å². The summed E-state index contributed by atoms with van der Waals surface area (Å²) in [6.07, 6.45) is 14.9. The average molecular weight is 381 g/mol. The van der Waals surface area contributed by atoms with Gasteiger partial charge in [-0.15, -0.1) is 0 Å². The lowest BCUT2D eigenvalue weighted by atomic mass is 9.45. The molecule has 7 aliphatic rings. The molecule has 0 aromatic carbocycles. The lowest BCUT2D eigenvalue weighted by Crippen LogP contribution is -2.59.